The lowest BCUT2D eigenvalue weighted by molar-refractivity contribution is 0.0527. The summed E-state index contributed by atoms with van der Waals surface area (Å²) in [5.74, 6) is -0.392. The summed E-state index contributed by atoms with van der Waals surface area (Å²) in [5, 5.41) is 8.10. The second kappa shape index (κ2) is 5.83. The number of rotatable bonds is 4. The van der Waals surface area contributed by atoms with E-state index in [1.54, 1.807) is 6.92 Å². The van der Waals surface area contributed by atoms with Gasteiger partial charge < -0.3 is 10.1 Å². The molecule has 20 heavy (non-hydrogen) atoms. The number of carbonyl (C=O) groups excluding carboxylic acids is 2. The number of thiophene rings is 1. The normalized spacial score (nSPS) is 16.1. The minimum Gasteiger partial charge on any atom is -0.462 e. The third kappa shape index (κ3) is 3.12. The predicted octanol–water partition coefficient (Wildman–Crippen LogP) is 3.30. The number of hydrogen-bond donors (Lipinski definition) is 2. The van der Waals surface area contributed by atoms with Crippen molar-refractivity contribution in [3.8, 4) is 0 Å². The SMILES string of the molecule is CCOC(=O)c1c(C)csc1NC(=O)NC1(C)CCC1. The van der Waals surface area contributed by atoms with Gasteiger partial charge in [-0.1, -0.05) is 0 Å². The van der Waals surface area contributed by atoms with Crippen molar-refractivity contribution in [3.63, 3.8) is 0 Å². The van der Waals surface area contributed by atoms with Gasteiger partial charge in [0.05, 0.1) is 12.2 Å². The van der Waals surface area contributed by atoms with Crippen molar-refractivity contribution in [2.24, 2.45) is 0 Å². The first-order chi connectivity index (χ1) is 9.45. The Labute approximate surface area is 122 Å². The van der Waals surface area contributed by atoms with E-state index in [-0.39, 0.29) is 11.6 Å². The number of ether oxygens (including phenoxy) is 1. The van der Waals surface area contributed by atoms with Gasteiger partial charge >= 0.3 is 12.0 Å². The van der Waals surface area contributed by atoms with Gasteiger partial charge in [-0.25, -0.2) is 9.59 Å². The van der Waals surface area contributed by atoms with E-state index in [0.29, 0.717) is 17.2 Å². The Morgan fingerprint density at radius 1 is 1.45 bits per heavy atom. The van der Waals surface area contributed by atoms with Crippen LogP contribution < -0.4 is 10.6 Å². The molecule has 1 aliphatic rings. The fraction of sp³-hybridized carbons (Fsp3) is 0.571. The molecule has 1 aliphatic carbocycles. The standard InChI is InChI=1S/C14H20N2O3S/c1-4-19-12(17)10-9(2)8-20-11(10)15-13(18)16-14(3)6-5-7-14/h8H,4-7H2,1-3H3,(H2,15,16,18). The quantitative estimate of drug-likeness (QED) is 0.838. The van der Waals surface area contributed by atoms with Gasteiger partial charge in [0.25, 0.3) is 0 Å². The molecule has 0 bridgehead atoms. The summed E-state index contributed by atoms with van der Waals surface area (Å²) in [5.41, 5.74) is 1.16. The van der Waals surface area contributed by atoms with Crippen molar-refractivity contribution < 1.29 is 14.3 Å². The lowest BCUT2D eigenvalue weighted by Crippen LogP contribution is -2.52. The molecule has 1 fully saturated rings. The average Bonchev–Trinajstić information content (AvgIpc) is 2.68. The lowest BCUT2D eigenvalue weighted by Gasteiger charge is -2.38. The summed E-state index contributed by atoms with van der Waals surface area (Å²) in [7, 11) is 0. The first-order valence-corrected chi connectivity index (χ1v) is 7.67. The molecular weight excluding hydrogens is 276 g/mol. The highest BCUT2D eigenvalue weighted by molar-refractivity contribution is 7.15. The molecule has 0 atom stereocenters. The predicted molar refractivity (Wildman–Crippen MR) is 79.4 cm³/mol. The van der Waals surface area contributed by atoms with Crippen LogP contribution in [0, 0.1) is 6.92 Å². The van der Waals surface area contributed by atoms with E-state index < -0.39 is 5.97 Å². The second-order valence-electron chi connectivity index (χ2n) is 5.34. The van der Waals surface area contributed by atoms with Gasteiger partial charge in [-0.2, -0.15) is 0 Å². The molecule has 0 saturated heterocycles. The van der Waals surface area contributed by atoms with E-state index in [4.69, 9.17) is 4.74 Å². The molecule has 1 saturated carbocycles. The fourth-order valence-corrected chi connectivity index (χ4v) is 3.16. The molecule has 0 radical (unpaired) electrons. The summed E-state index contributed by atoms with van der Waals surface area (Å²) in [4.78, 5) is 23.9. The molecule has 6 heteroatoms. The summed E-state index contributed by atoms with van der Waals surface area (Å²) < 4.78 is 5.02. The number of urea groups is 1. The van der Waals surface area contributed by atoms with Crippen molar-refractivity contribution >= 4 is 28.3 Å². The smallest absolute Gasteiger partial charge is 0.341 e. The van der Waals surface area contributed by atoms with Crippen LogP contribution in [0.3, 0.4) is 0 Å². The largest absolute Gasteiger partial charge is 0.462 e. The lowest BCUT2D eigenvalue weighted by atomic mass is 9.79. The topological polar surface area (TPSA) is 67.4 Å². The Balaban J connectivity index is 2.05. The number of carbonyl (C=O) groups is 2. The molecule has 2 rings (SSSR count). The second-order valence-corrected chi connectivity index (χ2v) is 6.22. The zero-order valence-corrected chi connectivity index (χ0v) is 12.9. The Morgan fingerprint density at radius 3 is 2.70 bits per heavy atom. The number of nitrogens with one attached hydrogen (secondary N) is 2. The van der Waals surface area contributed by atoms with Crippen LogP contribution in [0.25, 0.3) is 0 Å². The van der Waals surface area contributed by atoms with Gasteiger partial charge in [0.15, 0.2) is 0 Å². The van der Waals surface area contributed by atoms with Gasteiger partial charge in [-0.3, -0.25) is 5.32 Å². The maximum atomic E-state index is 12.0. The number of aryl methyl sites for hydroxylation is 1. The molecule has 2 amide bonds. The molecule has 110 valence electrons. The maximum absolute atomic E-state index is 12.0. The van der Waals surface area contributed by atoms with E-state index >= 15 is 0 Å². The monoisotopic (exact) mass is 296 g/mol. The van der Waals surface area contributed by atoms with Crippen LogP contribution in [0.2, 0.25) is 0 Å². The van der Waals surface area contributed by atoms with Gasteiger partial charge in [-0.15, -0.1) is 11.3 Å². The first-order valence-electron chi connectivity index (χ1n) is 6.79. The molecule has 0 unspecified atom stereocenters. The van der Waals surface area contributed by atoms with Gasteiger partial charge in [0.1, 0.15) is 5.00 Å². The van der Waals surface area contributed by atoms with Crippen LogP contribution in [0.4, 0.5) is 9.80 Å². The molecule has 0 aliphatic heterocycles. The highest BCUT2D eigenvalue weighted by Gasteiger charge is 2.33. The number of esters is 1. The Morgan fingerprint density at radius 2 is 2.15 bits per heavy atom. The van der Waals surface area contributed by atoms with Crippen molar-refractivity contribution in [1.29, 1.82) is 0 Å². The van der Waals surface area contributed by atoms with Crippen molar-refractivity contribution in [2.75, 3.05) is 11.9 Å². The van der Waals surface area contributed by atoms with Crippen LogP contribution in [-0.4, -0.2) is 24.1 Å². The summed E-state index contributed by atoms with van der Waals surface area (Å²) in [6.07, 6.45) is 3.13. The molecule has 5 nitrogen and oxygen atoms in total. The average molecular weight is 296 g/mol. The highest BCUT2D eigenvalue weighted by atomic mass is 32.1. The van der Waals surface area contributed by atoms with Crippen LogP contribution >= 0.6 is 11.3 Å². The molecular formula is C14H20N2O3S. The summed E-state index contributed by atoms with van der Waals surface area (Å²) >= 11 is 1.34. The Hall–Kier alpha value is -1.56. The van der Waals surface area contributed by atoms with Crippen molar-refractivity contribution in [2.45, 2.75) is 45.6 Å². The maximum Gasteiger partial charge on any atom is 0.341 e. The van der Waals surface area contributed by atoms with Crippen LogP contribution in [-0.2, 0) is 4.74 Å². The fourth-order valence-electron chi connectivity index (χ4n) is 2.23. The zero-order valence-electron chi connectivity index (χ0n) is 12.0. The van der Waals surface area contributed by atoms with E-state index in [2.05, 4.69) is 10.6 Å². The number of hydrogen-bond acceptors (Lipinski definition) is 4. The highest BCUT2D eigenvalue weighted by Crippen LogP contribution is 2.32. The minimum atomic E-state index is -0.392. The molecule has 0 spiro atoms. The van der Waals surface area contributed by atoms with Crippen molar-refractivity contribution in [3.05, 3.63) is 16.5 Å². The molecule has 1 heterocycles. The van der Waals surface area contributed by atoms with Crippen molar-refractivity contribution in [1.82, 2.24) is 5.32 Å². The third-order valence-corrected chi connectivity index (χ3v) is 4.57. The summed E-state index contributed by atoms with van der Waals surface area (Å²) in [6.45, 7) is 5.94. The molecule has 1 aromatic rings. The van der Waals surface area contributed by atoms with E-state index in [1.165, 1.54) is 11.3 Å². The van der Waals surface area contributed by atoms with Gasteiger partial charge in [-0.05, 0) is 51.0 Å². The van der Waals surface area contributed by atoms with E-state index in [0.717, 1.165) is 24.8 Å². The molecule has 2 N–H and O–H groups in total. The minimum absolute atomic E-state index is 0.111. The van der Waals surface area contributed by atoms with Gasteiger partial charge in [0, 0.05) is 5.54 Å². The Bertz CT molecular complexity index is 520. The van der Waals surface area contributed by atoms with Gasteiger partial charge in [0.2, 0.25) is 0 Å². The zero-order chi connectivity index (χ0) is 14.8. The number of anilines is 1. The molecule has 0 aromatic carbocycles. The summed E-state index contributed by atoms with van der Waals surface area (Å²) in [6, 6.07) is -0.264. The van der Waals surface area contributed by atoms with Crippen LogP contribution in [0.15, 0.2) is 5.38 Å². The van der Waals surface area contributed by atoms with Crippen LogP contribution in [0.5, 0.6) is 0 Å². The van der Waals surface area contributed by atoms with E-state index in [1.807, 2.05) is 19.2 Å². The number of amides is 2. The third-order valence-electron chi connectivity index (χ3n) is 3.55. The molecule has 1 aromatic heterocycles. The van der Waals surface area contributed by atoms with E-state index in [9.17, 15) is 9.59 Å². The van der Waals surface area contributed by atoms with Crippen LogP contribution in [0.1, 0.15) is 49.0 Å². The first kappa shape index (κ1) is 14.8. The Kier molecular flexibility index (Phi) is 4.32.